The number of rotatable bonds is 7. The van der Waals surface area contributed by atoms with Crippen LogP contribution in [-0.2, 0) is 14.3 Å². The molecule has 0 spiro atoms. The van der Waals surface area contributed by atoms with E-state index in [0.717, 1.165) is 18.7 Å². The molecule has 2 aromatic rings. The first-order valence-corrected chi connectivity index (χ1v) is 10.6. The number of amides is 1. The number of carbonyl (C=O) groups is 2. The lowest BCUT2D eigenvalue weighted by atomic mass is 9.95. The molecule has 2 aliphatic rings. The second-order valence-electron chi connectivity index (χ2n) is 7.75. The Morgan fingerprint density at radius 3 is 2.47 bits per heavy atom. The maximum atomic E-state index is 14.8. The van der Waals surface area contributed by atoms with Gasteiger partial charge in [0.05, 0.1) is 24.8 Å². The van der Waals surface area contributed by atoms with E-state index in [9.17, 15) is 19.1 Å². The van der Waals surface area contributed by atoms with Gasteiger partial charge in [-0.15, -0.1) is 0 Å². The molecular weight excluding hydrogens is 411 g/mol. The topological polar surface area (TPSA) is 70.1 Å². The van der Waals surface area contributed by atoms with E-state index in [1.165, 1.54) is 17.0 Å². The average Bonchev–Trinajstić information content (AvgIpc) is 3.07. The lowest BCUT2D eigenvalue weighted by Crippen LogP contribution is -2.43. The van der Waals surface area contributed by atoms with Gasteiger partial charge < -0.3 is 14.7 Å². The van der Waals surface area contributed by atoms with Gasteiger partial charge in [-0.2, -0.15) is 0 Å². The van der Waals surface area contributed by atoms with E-state index in [0.29, 0.717) is 19.8 Å². The van der Waals surface area contributed by atoms with Gasteiger partial charge in [0.25, 0.3) is 5.91 Å². The molecule has 4 rings (SSSR count). The zero-order chi connectivity index (χ0) is 22.5. The monoisotopic (exact) mass is 436 g/mol. The third kappa shape index (κ3) is 4.64. The minimum atomic E-state index is -0.988. The number of aliphatic hydroxyl groups excluding tert-OH is 1. The van der Waals surface area contributed by atoms with Crippen LogP contribution in [0, 0.1) is 5.82 Å². The number of allylic oxidation sites excluding steroid dienone is 1. The van der Waals surface area contributed by atoms with Gasteiger partial charge in [0.1, 0.15) is 5.82 Å². The van der Waals surface area contributed by atoms with Gasteiger partial charge in [-0.1, -0.05) is 54.6 Å². The predicted octanol–water partition coefficient (Wildman–Crippen LogP) is 3.14. The Kier molecular flexibility index (Phi) is 6.78. The van der Waals surface area contributed by atoms with E-state index in [2.05, 4.69) is 4.90 Å². The lowest BCUT2D eigenvalue weighted by Gasteiger charge is -2.31. The minimum absolute atomic E-state index is 0.103. The molecule has 0 bridgehead atoms. The van der Waals surface area contributed by atoms with Gasteiger partial charge in [-0.05, 0) is 17.7 Å². The third-order valence-corrected chi connectivity index (χ3v) is 5.76. The zero-order valence-electron chi connectivity index (χ0n) is 17.6. The van der Waals surface area contributed by atoms with Crippen molar-refractivity contribution in [1.29, 1.82) is 0 Å². The van der Waals surface area contributed by atoms with Crippen molar-refractivity contribution in [2.24, 2.45) is 0 Å². The van der Waals surface area contributed by atoms with Crippen LogP contribution >= 0.6 is 0 Å². The number of morpholine rings is 1. The van der Waals surface area contributed by atoms with Crippen LogP contribution in [0.25, 0.3) is 6.08 Å². The fourth-order valence-electron chi connectivity index (χ4n) is 4.06. The highest BCUT2D eigenvalue weighted by Gasteiger charge is 2.43. The number of carbonyl (C=O) groups excluding carboxylic acids is 2. The summed E-state index contributed by atoms with van der Waals surface area (Å²) < 4.78 is 20.1. The first-order chi connectivity index (χ1) is 15.6. The molecule has 1 N–H and O–H groups in total. The van der Waals surface area contributed by atoms with Crippen LogP contribution in [0.15, 0.2) is 72.0 Å². The van der Waals surface area contributed by atoms with Gasteiger partial charge in [0.2, 0.25) is 0 Å². The Labute approximate surface area is 186 Å². The van der Waals surface area contributed by atoms with Crippen molar-refractivity contribution in [1.82, 2.24) is 9.80 Å². The Morgan fingerprint density at radius 2 is 1.75 bits per heavy atom. The number of benzene rings is 2. The standard InChI is InChI=1S/C25H25FN2O4/c26-20-9-5-4-8-19(20)23-22(21(29)11-10-18-6-2-1-3-7-18)24(30)25(31)28(23)13-12-27-14-16-32-17-15-27/h1-11,23,30H,12-17H2/b11-10+. The molecule has 32 heavy (non-hydrogen) atoms. The summed E-state index contributed by atoms with van der Waals surface area (Å²) in [7, 11) is 0. The number of aliphatic hydroxyl groups is 1. The number of ether oxygens (including phenoxy) is 1. The number of ketones is 1. The molecule has 0 radical (unpaired) electrons. The largest absolute Gasteiger partial charge is 0.503 e. The minimum Gasteiger partial charge on any atom is -0.503 e. The highest BCUT2D eigenvalue weighted by molar-refractivity contribution is 6.14. The van der Waals surface area contributed by atoms with Gasteiger partial charge in [-0.3, -0.25) is 14.5 Å². The van der Waals surface area contributed by atoms with Gasteiger partial charge >= 0.3 is 0 Å². The van der Waals surface area contributed by atoms with Crippen molar-refractivity contribution in [3.63, 3.8) is 0 Å². The average molecular weight is 436 g/mol. The first-order valence-electron chi connectivity index (χ1n) is 10.6. The molecule has 6 nitrogen and oxygen atoms in total. The number of hydrogen-bond acceptors (Lipinski definition) is 5. The Hall–Kier alpha value is -3.29. The van der Waals surface area contributed by atoms with Crippen molar-refractivity contribution >= 4 is 17.8 Å². The zero-order valence-corrected chi connectivity index (χ0v) is 17.6. The van der Waals surface area contributed by atoms with E-state index in [-0.39, 0.29) is 17.7 Å². The van der Waals surface area contributed by atoms with Crippen LogP contribution in [0.4, 0.5) is 4.39 Å². The third-order valence-electron chi connectivity index (χ3n) is 5.76. The van der Waals surface area contributed by atoms with E-state index in [1.807, 2.05) is 30.3 Å². The summed E-state index contributed by atoms with van der Waals surface area (Å²) in [6.45, 7) is 3.48. The van der Waals surface area contributed by atoms with Crippen molar-refractivity contribution in [3.8, 4) is 0 Å². The first kappa shape index (κ1) is 21.9. The molecule has 0 aliphatic carbocycles. The summed E-state index contributed by atoms with van der Waals surface area (Å²) in [4.78, 5) is 29.5. The van der Waals surface area contributed by atoms with Crippen molar-refractivity contribution < 1.29 is 23.8 Å². The highest BCUT2D eigenvalue weighted by Crippen LogP contribution is 2.38. The molecule has 7 heteroatoms. The van der Waals surface area contributed by atoms with E-state index in [4.69, 9.17) is 4.74 Å². The van der Waals surface area contributed by atoms with Crippen LogP contribution < -0.4 is 0 Å². The van der Waals surface area contributed by atoms with Crippen LogP contribution in [0.2, 0.25) is 0 Å². The second-order valence-corrected chi connectivity index (χ2v) is 7.75. The molecule has 0 aromatic heterocycles. The molecule has 1 fully saturated rings. The summed E-state index contributed by atoms with van der Waals surface area (Å²) in [5.74, 6) is -2.35. The van der Waals surface area contributed by atoms with Gasteiger partial charge in [0.15, 0.2) is 11.5 Å². The summed E-state index contributed by atoms with van der Waals surface area (Å²) in [6, 6.07) is 14.3. The number of hydrogen-bond donors (Lipinski definition) is 1. The maximum Gasteiger partial charge on any atom is 0.290 e. The second kappa shape index (κ2) is 9.89. The smallest absolute Gasteiger partial charge is 0.290 e. The number of nitrogens with zero attached hydrogens (tertiary/aromatic N) is 2. The van der Waals surface area contributed by atoms with Gasteiger partial charge in [0, 0.05) is 31.7 Å². The maximum absolute atomic E-state index is 14.8. The van der Waals surface area contributed by atoms with Crippen LogP contribution in [0.1, 0.15) is 17.2 Å². The molecule has 2 aromatic carbocycles. The SMILES string of the molecule is O=C(/C=C/c1ccccc1)C1=C(O)C(=O)N(CCN2CCOCC2)C1c1ccccc1F. The van der Waals surface area contributed by atoms with E-state index >= 15 is 0 Å². The van der Waals surface area contributed by atoms with Crippen molar-refractivity contribution in [3.05, 3.63) is 88.9 Å². The molecule has 1 unspecified atom stereocenters. The van der Waals surface area contributed by atoms with E-state index < -0.39 is 29.3 Å². The summed E-state index contributed by atoms with van der Waals surface area (Å²) in [5.41, 5.74) is 0.884. The van der Waals surface area contributed by atoms with Crippen LogP contribution in [0.3, 0.4) is 0 Å². The molecule has 1 amide bonds. The van der Waals surface area contributed by atoms with Crippen LogP contribution in [0.5, 0.6) is 0 Å². The Bertz CT molecular complexity index is 1040. The summed E-state index contributed by atoms with van der Waals surface area (Å²) in [5, 5.41) is 10.6. The highest BCUT2D eigenvalue weighted by atomic mass is 19.1. The summed E-state index contributed by atoms with van der Waals surface area (Å²) in [6.07, 6.45) is 2.93. The number of halogens is 1. The van der Waals surface area contributed by atoms with Crippen LogP contribution in [-0.4, -0.2) is 66.0 Å². The van der Waals surface area contributed by atoms with Crippen molar-refractivity contribution in [2.75, 3.05) is 39.4 Å². The fraction of sp³-hybridized carbons (Fsp3) is 0.280. The van der Waals surface area contributed by atoms with Gasteiger partial charge in [-0.25, -0.2) is 4.39 Å². The van der Waals surface area contributed by atoms with Crippen molar-refractivity contribution in [2.45, 2.75) is 6.04 Å². The van der Waals surface area contributed by atoms with E-state index in [1.54, 1.807) is 24.3 Å². The quantitative estimate of drug-likeness (QED) is 0.676. The lowest BCUT2D eigenvalue weighted by molar-refractivity contribution is -0.129. The molecular formula is C25H25FN2O4. The summed E-state index contributed by atoms with van der Waals surface area (Å²) >= 11 is 0. The Morgan fingerprint density at radius 1 is 1.06 bits per heavy atom. The molecule has 0 saturated carbocycles. The molecule has 1 saturated heterocycles. The molecule has 1 atom stereocenters. The molecule has 2 heterocycles. The molecule has 166 valence electrons. The predicted molar refractivity (Wildman–Crippen MR) is 118 cm³/mol. The fourth-order valence-corrected chi connectivity index (χ4v) is 4.06. The molecule has 2 aliphatic heterocycles. The normalized spacial score (nSPS) is 19.8. The Balaban J connectivity index is 1.63.